The van der Waals surface area contributed by atoms with Crippen LogP contribution < -0.4 is 9.62 Å². The van der Waals surface area contributed by atoms with Crippen LogP contribution in [0, 0.1) is 19.7 Å². The third-order valence-electron chi connectivity index (χ3n) is 6.38. The smallest absolute Gasteiger partial charge is 0.264 e. The molecule has 7 nitrogen and oxygen atoms in total. The summed E-state index contributed by atoms with van der Waals surface area (Å²) in [6.07, 6.45) is 1.04. The number of carbonyl (C=O) groups excluding carboxylic acids is 2. The van der Waals surface area contributed by atoms with Crippen molar-refractivity contribution >= 4 is 27.5 Å². The van der Waals surface area contributed by atoms with Gasteiger partial charge in [0.15, 0.2) is 0 Å². The van der Waals surface area contributed by atoms with Gasteiger partial charge in [-0.25, -0.2) is 12.8 Å². The van der Waals surface area contributed by atoms with E-state index < -0.39 is 34.3 Å². The number of nitrogens with zero attached hydrogens (tertiary/aromatic N) is 2. The van der Waals surface area contributed by atoms with Gasteiger partial charge >= 0.3 is 0 Å². The highest BCUT2D eigenvalue weighted by molar-refractivity contribution is 7.92. The lowest BCUT2D eigenvalue weighted by atomic mass is 10.1. The Morgan fingerprint density at radius 3 is 2.23 bits per heavy atom. The summed E-state index contributed by atoms with van der Waals surface area (Å²) < 4.78 is 43.3. The minimum atomic E-state index is -4.32. The van der Waals surface area contributed by atoms with Crippen LogP contribution in [0.2, 0.25) is 0 Å². The van der Waals surface area contributed by atoms with Crippen LogP contribution in [0.4, 0.5) is 10.1 Å². The number of carbonyl (C=O) groups is 2. The van der Waals surface area contributed by atoms with Crippen LogP contribution in [0.3, 0.4) is 0 Å². The van der Waals surface area contributed by atoms with Crippen LogP contribution in [0.25, 0.3) is 0 Å². The number of aryl methyl sites for hydroxylation is 2. The first-order chi connectivity index (χ1) is 18.6. The molecule has 0 saturated heterocycles. The predicted molar refractivity (Wildman–Crippen MR) is 151 cm³/mol. The standard InChI is InChI=1S/C30H36FN3O4S/c1-5-18-32-30(36)27(6-2)33(20-24-11-9-10-23(4)19-24)29(35)21-34(28-13-8-7-12-26(28)31)39(37,38)25-16-14-22(3)15-17-25/h7-17,19,27H,5-6,18,20-21H2,1-4H3,(H,32,36). The second kappa shape index (κ2) is 13.4. The zero-order valence-electron chi connectivity index (χ0n) is 22.9. The van der Waals surface area contributed by atoms with Crippen molar-refractivity contribution in [3.05, 3.63) is 95.3 Å². The van der Waals surface area contributed by atoms with Gasteiger partial charge in [-0.05, 0) is 56.5 Å². The van der Waals surface area contributed by atoms with E-state index in [2.05, 4.69) is 5.32 Å². The Hall–Kier alpha value is -3.72. The summed E-state index contributed by atoms with van der Waals surface area (Å²) in [5.74, 6) is -1.72. The molecule has 2 amide bonds. The molecule has 0 aliphatic carbocycles. The van der Waals surface area contributed by atoms with Gasteiger partial charge in [-0.15, -0.1) is 0 Å². The molecule has 0 aliphatic heterocycles. The van der Waals surface area contributed by atoms with Crippen molar-refractivity contribution in [1.29, 1.82) is 0 Å². The van der Waals surface area contributed by atoms with Gasteiger partial charge < -0.3 is 10.2 Å². The average molecular weight is 554 g/mol. The van der Waals surface area contributed by atoms with Crippen molar-refractivity contribution in [2.45, 2.75) is 58.0 Å². The Balaban J connectivity index is 2.06. The maximum Gasteiger partial charge on any atom is 0.264 e. The topological polar surface area (TPSA) is 86.8 Å². The molecule has 0 aromatic heterocycles. The van der Waals surface area contributed by atoms with Crippen LogP contribution in [-0.2, 0) is 26.2 Å². The molecule has 1 unspecified atom stereocenters. The first kappa shape index (κ1) is 29.8. The van der Waals surface area contributed by atoms with E-state index in [-0.39, 0.29) is 23.0 Å². The molecule has 0 radical (unpaired) electrons. The first-order valence-electron chi connectivity index (χ1n) is 13.0. The van der Waals surface area contributed by atoms with E-state index in [0.29, 0.717) is 13.0 Å². The highest BCUT2D eigenvalue weighted by Gasteiger charge is 2.34. The van der Waals surface area contributed by atoms with Crippen molar-refractivity contribution in [3.8, 4) is 0 Å². The number of nitrogens with one attached hydrogen (secondary N) is 1. The van der Waals surface area contributed by atoms with Crippen molar-refractivity contribution in [1.82, 2.24) is 10.2 Å². The van der Waals surface area contributed by atoms with Gasteiger partial charge in [0.2, 0.25) is 11.8 Å². The Kier molecular flexibility index (Phi) is 10.2. The summed E-state index contributed by atoms with van der Waals surface area (Å²) in [6.45, 7) is 7.34. The number of benzene rings is 3. The second-order valence-electron chi connectivity index (χ2n) is 9.50. The number of hydrogen-bond acceptors (Lipinski definition) is 4. The minimum absolute atomic E-state index is 0.0675. The molecule has 39 heavy (non-hydrogen) atoms. The van der Waals surface area contributed by atoms with E-state index in [0.717, 1.165) is 33.5 Å². The van der Waals surface area contributed by atoms with E-state index in [1.54, 1.807) is 19.1 Å². The molecule has 3 aromatic carbocycles. The molecule has 0 heterocycles. The van der Waals surface area contributed by atoms with Crippen LogP contribution in [-0.4, -0.2) is 44.3 Å². The largest absolute Gasteiger partial charge is 0.354 e. The Morgan fingerprint density at radius 1 is 0.923 bits per heavy atom. The Labute approximate surface area is 230 Å². The molecule has 1 atom stereocenters. The Bertz CT molecular complexity index is 1390. The van der Waals surface area contributed by atoms with Gasteiger partial charge in [0, 0.05) is 13.1 Å². The summed E-state index contributed by atoms with van der Waals surface area (Å²) >= 11 is 0. The predicted octanol–water partition coefficient (Wildman–Crippen LogP) is 4.97. The van der Waals surface area contributed by atoms with Gasteiger partial charge in [0.1, 0.15) is 18.4 Å². The van der Waals surface area contributed by atoms with E-state index >= 15 is 0 Å². The third-order valence-corrected chi connectivity index (χ3v) is 8.15. The molecule has 0 bridgehead atoms. The molecular formula is C30H36FN3O4S. The van der Waals surface area contributed by atoms with Crippen molar-refractivity contribution < 1.29 is 22.4 Å². The average Bonchev–Trinajstić information content (AvgIpc) is 2.91. The summed E-state index contributed by atoms with van der Waals surface area (Å²) in [5.41, 5.74) is 2.39. The lowest BCUT2D eigenvalue weighted by molar-refractivity contribution is -0.140. The highest BCUT2D eigenvalue weighted by Crippen LogP contribution is 2.27. The van der Waals surface area contributed by atoms with Crippen LogP contribution in [0.5, 0.6) is 0 Å². The van der Waals surface area contributed by atoms with Gasteiger partial charge in [0.05, 0.1) is 10.6 Å². The summed E-state index contributed by atoms with van der Waals surface area (Å²) in [4.78, 5) is 28.4. The lowest BCUT2D eigenvalue weighted by Gasteiger charge is -2.33. The van der Waals surface area contributed by atoms with E-state index in [9.17, 15) is 22.4 Å². The van der Waals surface area contributed by atoms with Crippen molar-refractivity contribution in [2.24, 2.45) is 0 Å². The van der Waals surface area contributed by atoms with E-state index in [4.69, 9.17) is 0 Å². The van der Waals surface area contributed by atoms with Crippen molar-refractivity contribution in [3.63, 3.8) is 0 Å². The quantitative estimate of drug-likeness (QED) is 0.343. The number of sulfonamides is 1. The molecular weight excluding hydrogens is 517 g/mol. The van der Waals surface area contributed by atoms with E-state index in [1.807, 2.05) is 45.0 Å². The van der Waals surface area contributed by atoms with Crippen LogP contribution in [0.15, 0.2) is 77.7 Å². The molecule has 0 saturated carbocycles. The fourth-order valence-electron chi connectivity index (χ4n) is 4.30. The molecule has 208 valence electrons. The van der Waals surface area contributed by atoms with Gasteiger partial charge in [0.25, 0.3) is 10.0 Å². The number of rotatable bonds is 12. The summed E-state index contributed by atoms with van der Waals surface area (Å²) in [7, 11) is -4.32. The van der Waals surface area contributed by atoms with Crippen molar-refractivity contribution in [2.75, 3.05) is 17.4 Å². The molecule has 9 heteroatoms. The van der Waals surface area contributed by atoms with Gasteiger partial charge in [-0.3, -0.25) is 13.9 Å². The minimum Gasteiger partial charge on any atom is -0.354 e. The molecule has 0 spiro atoms. The number of anilines is 1. The second-order valence-corrected chi connectivity index (χ2v) is 11.4. The molecule has 3 rings (SSSR count). The SMILES string of the molecule is CCCNC(=O)C(CC)N(Cc1cccc(C)c1)C(=O)CN(c1ccccc1F)S(=O)(=O)c1ccc(C)cc1. The third kappa shape index (κ3) is 7.44. The number of hydrogen-bond donors (Lipinski definition) is 1. The number of amides is 2. The maximum atomic E-state index is 15.0. The van der Waals surface area contributed by atoms with Gasteiger partial charge in [-0.2, -0.15) is 0 Å². The zero-order valence-corrected chi connectivity index (χ0v) is 23.7. The van der Waals surface area contributed by atoms with E-state index in [1.165, 1.54) is 35.2 Å². The highest BCUT2D eigenvalue weighted by atomic mass is 32.2. The molecule has 0 fully saturated rings. The fourth-order valence-corrected chi connectivity index (χ4v) is 5.72. The number of halogens is 1. The molecule has 3 aromatic rings. The summed E-state index contributed by atoms with van der Waals surface area (Å²) in [5, 5.41) is 2.85. The lowest BCUT2D eigenvalue weighted by Crippen LogP contribution is -2.52. The van der Waals surface area contributed by atoms with Gasteiger partial charge in [-0.1, -0.05) is 73.5 Å². The van der Waals surface area contributed by atoms with Crippen LogP contribution in [0.1, 0.15) is 43.4 Å². The van der Waals surface area contributed by atoms with Crippen LogP contribution >= 0.6 is 0 Å². The monoisotopic (exact) mass is 553 g/mol. The molecule has 0 aliphatic rings. The molecule has 1 N–H and O–H groups in total. The Morgan fingerprint density at radius 2 is 1.62 bits per heavy atom. The maximum absolute atomic E-state index is 15.0. The summed E-state index contributed by atoms with van der Waals surface area (Å²) in [6, 6.07) is 18.3. The fraction of sp³-hybridized carbons (Fsp3) is 0.333. The normalized spacial score (nSPS) is 12.0. The number of para-hydroxylation sites is 1. The zero-order chi connectivity index (χ0) is 28.6. The first-order valence-corrected chi connectivity index (χ1v) is 14.5.